The van der Waals surface area contributed by atoms with Crippen molar-refractivity contribution in [2.45, 2.75) is 46.6 Å². The smallest absolute Gasteiger partial charge is 0.339 e. The van der Waals surface area contributed by atoms with Crippen molar-refractivity contribution in [1.82, 2.24) is 0 Å². The molecule has 4 heteroatoms. The maximum absolute atomic E-state index is 12.3. The molecule has 0 saturated heterocycles. The molecule has 0 atom stereocenters. The van der Waals surface area contributed by atoms with Gasteiger partial charge in [-0.15, -0.1) is 0 Å². The zero-order valence-electron chi connectivity index (χ0n) is 16.0. The molecule has 0 unspecified atom stereocenters. The molecule has 4 nitrogen and oxygen atoms in total. The highest BCUT2D eigenvalue weighted by Gasteiger charge is 2.26. The molecule has 27 heavy (non-hydrogen) atoms. The van der Waals surface area contributed by atoms with Crippen LogP contribution in [0.25, 0.3) is 11.0 Å². The fourth-order valence-electron chi connectivity index (χ4n) is 4.55. The van der Waals surface area contributed by atoms with E-state index in [0.29, 0.717) is 12.3 Å². The molecule has 0 saturated carbocycles. The summed E-state index contributed by atoms with van der Waals surface area (Å²) in [5.41, 5.74) is 8.37. The predicted molar refractivity (Wildman–Crippen MR) is 107 cm³/mol. The van der Waals surface area contributed by atoms with Gasteiger partial charge in [0.15, 0.2) is 6.73 Å². The van der Waals surface area contributed by atoms with E-state index in [1.165, 1.54) is 22.4 Å². The monoisotopic (exact) mass is 361 g/mol. The molecule has 0 spiro atoms. The highest BCUT2D eigenvalue weighted by Crippen LogP contribution is 2.39. The normalized spacial score (nSPS) is 15.6. The zero-order valence-corrected chi connectivity index (χ0v) is 16.0. The molecule has 2 aromatic carbocycles. The second kappa shape index (κ2) is 5.88. The van der Waals surface area contributed by atoms with Gasteiger partial charge in [0.05, 0.1) is 0 Å². The van der Waals surface area contributed by atoms with Crippen molar-refractivity contribution < 1.29 is 9.15 Å². The Morgan fingerprint density at radius 3 is 2.70 bits per heavy atom. The molecule has 0 bridgehead atoms. The molecule has 5 rings (SSSR count). The van der Waals surface area contributed by atoms with Gasteiger partial charge in [-0.05, 0) is 68.9 Å². The summed E-state index contributed by atoms with van der Waals surface area (Å²) in [6.45, 7) is 7.55. The van der Waals surface area contributed by atoms with Gasteiger partial charge < -0.3 is 14.1 Å². The number of aryl methyl sites for hydroxylation is 4. The summed E-state index contributed by atoms with van der Waals surface area (Å²) < 4.78 is 11.8. The molecular formula is C23H23NO3. The average molecular weight is 361 g/mol. The van der Waals surface area contributed by atoms with Crippen LogP contribution in [0.3, 0.4) is 0 Å². The van der Waals surface area contributed by atoms with E-state index in [-0.39, 0.29) is 5.63 Å². The van der Waals surface area contributed by atoms with E-state index in [9.17, 15) is 4.79 Å². The largest absolute Gasteiger partial charge is 0.472 e. The number of nitrogens with zero attached hydrogens (tertiary/aromatic N) is 1. The van der Waals surface area contributed by atoms with Crippen molar-refractivity contribution in [2.75, 3.05) is 11.6 Å². The number of hydrogen-bond donors (Lipinski definition) is 0. The van der Waals surface area contributed by atoms with Crippen LogP contribution in [0.15, 0.2) is 33.5 Å². The Balaban J connectivity index is 1.66. The van der Waals surface area contributed by atoms with Gasteiger partial charge in [-0.1, -0.05) is 12.1 Å². The van der Waals surface area contributed by atoms with Crippen molar-refractivity contribution in [3.8, 4) is 5.75 Å². The summed E-state index contributed by atoms with van der Waals surface area (Å²) in [5, 5.41) is 1.09. The zero-order chi connectivity index (χ0) is 18.7. The summed E-state index contributed by atoms with van der Waals surface area (Å²) >= 11 is 0. The standard InChI is InChI=1S/C23H23NO3/c1-13-7-8-14(2)20(9-13)24-11-16-10-19-17-5-4-6-18(17)23(25)27-22(19)15(3)21(16)26-12-24/h7-10H,4-6,11-12H2,1-3H3. The topological polar surface area (TPSA) is 42.7 Å². The Morgan fingerprint density at radius 1 is 1.04 bits per heavy atom. The summed E-state index contributed by atoms with van der Waals surface area (Å²) in [6, 6.07) is 8.70. The molecule has 2 aliphatic rings. The van der Waals surface area contributed by atoms with Gasteiger partial charge in [-0.2, -0.15) is 0 Å². The average Bonchev–Trinajstić information content (AvgIpc) is 3.15. The van der Waals surface area contributed by atoms with Gasteiger partial charge in [0.1, 0.15) is 11.3 Å². The van der Waals surface area contributed by atoms with Crippen LogP contribution in [-0.4, -0.2) is 6.73 Å². The van der Waals surface area contributed by atoms with Gasteiger partial charge in [-0.3, -0.25) is 0 Å². The lowest BCUT2D eigenvalue weighted by Gasteiger charge is -2.33. The number of ether oxygens (including phenoxy) is 1. The van der Waals surface area contributed by atoms with Crippen LogP contribution in [0.1, 0.15) is 39.8 Å². The van der Waals surface area contributed by atoms with Crippen molar-refractivity contribution in [2.24, 2.45) is 0 Å². The van der Waals surface area contributed by atoms with Gasteiger partial charge >= 0.3 is 5.63 Å². The number of benzene rings is 2. The van der Waals surface area contributed by atoms with Crippen LogP contribution < -0.4 is 15.3 Å². The number of rotatable bonds is 1. The minimum absolute atomic E-state index is 0.175. The molecule has 0 fully saturated rings. The lowest BCUT2D eigenvalue weighted by atomic mass is 9.98. The highest BCUT2D eigenvalue weighted by molar-refractivity contribution is 5.88. The highest BCUT2D eigenvalue weighted by atomic mass is 16.5. The van der Waals surface area contributed by atoms with E-state index in [0.717, 1.165) is 53.6 Å². The third kappa shape index (κ3) is 2.47. The van der Waals surface area contributed by atoms with Gasteiger partial charge in [0.2, 0.25) is 0 Å². The number of hydrogen-bond acceptors (Lipinski definition) is 4. The molecule has 1 aromatic heterocycles. The Hall–Kier alpha value is -2.75. The Morgan fingerprint density at radius 2 is 1.85 bits per heavy atom. The van der Waals surface area contributed by atoms with Gasteiger partial charge in [0.25, 0.3) is 0 Å². The molecule has 138 valence electrons. The molecule has 0 amide bonds. The molecule has 2 heterocycles. The van der Waals surface area contributed by atoms with E-state index in [4.69, 9.17) is 9.15 Å². The van der Waals surface area contributed by atoms with Crippen LogP contribution in [0.5, 0.6) is 5.75 Å². The van der Waals surface area contributed by atoms with Gasteiger partial charge in [-0.25, -0.2) is 4.79 Å². The fraction of sp³-hybridized carbons (Fsp3) is 0.348. The first-order valence-corrected chi connectivity index (χ1v) is 9.59. The minimum atomic E-state index is -0.175. The maximum Gasteiger partial charge on any atom is 0.339 e. The van der Waals surface area contributed by atoms with Gasteiger partial charge in [0, 0.05) is 34.3 Å². The summed E-state index contributed by atoms with van der Waals surface area (Å²) in [6.07, 6.45) is 2.81. The van der Waals surface area contributed by atoms with Crippen LogP contribution >= 0.6 is 0 Å². The molecule has 0 N–H and O–H groups in total. The van der Waals surface area contributed by atoms with E-state index in [1.807, 2.05) is 6.92 Å². The molecule has 0 radical (unpaired) electrons. The summed E-state index contributed by atoms with van der Waals surface area (Å²) in [5.74, 6) is 0.866. The molecular weight excluding hydrogens is 338 g/mol. The third-order valence-corrected chi connectivity index (χ3v) is 5.95. The molecule has 1 aliphatic carbocycles. The van der Waals surface area contributed by atoms with Crippen LogP contribution in [0.4, 0.5) is 5.69 Å². The quantitative estimate of drug-likeness (QED) is 0.596. The van der Waals surface area contributed by atoms with E-state index in [1.54, 1.807) is 0 Å². The Kier molecular flexibility index (Phi) is 3.58. The van der Waals surface area contributed by atoms with Crippen molar-refractivity contribution in [3.63, 3.8) is 0 Å². The lowest BCUT2D eigenvalue weighted by molar-refractivity contribution is 0.287. The van der Waals surface area contributed by atoms with E-state index >= 15 is 0 Å². The predicted octanol–water partition coefficient (Wildman–Crippen LogP) is 4.56. The minimum Gasteiger partial charge on any atom is -0.472 e. The lowest BCUT2D eigenvalue weighted by Crippen LogP contribution is -2.32. The van der Waals surface area contributed by atoms with Crippen LogP contribution in [-0.2, 0) is 19.4 Å². The van der Waals surface area contributed by atoms with E-state index in [2.05, 4.69) is 43.0 Å². The SMILES string of the molecule is Cc1ccc(C)c(N2COc3c(cc4c5c(c(=O)oc4c3C)CCC5)C2)c1. The molecule has 1 aliphatic heterocycles. The molecule has 3 aromatic rings. The van der Waals surface area contributed by atoms with Crippen molar-refractivity contribution in [3.05, 3.63) is 68.1 Å². The first kappa shape index (κ1) is 16.4. The Bertz CT molecular complexity index is 1140. The second-order valence-electron chi connectivity index (χ2n) is 7.83. The maximum atomic E-state index is 12.3. The number of anilines is 1. The van der Waals surface area contributed by atoms with Crippen LogP contribution in [0.2, 0.25) is 0 Å². The third-order valence-electron chi connectivity index (χ3n) is 5.95. The first-order valence-electron chi connectivity index (χ1n) is 9.59. The van der Waals surface area contributed by atoms with Crippen LogP contribution in [0, 0.1) is 20.8 Å². The summed E-state index contributed by atoms with van der Waals surface area (Å²) in [7, 11) is 0. The second-order valence-corrected chi connectivity index (χ2v) is 7.83. The van der Waals surface area contributed by atoms with Crippen molar-refractivity contribution >= 4 is 16.7 Å². The summed E-state index contributed by atoms with van der Waals surface area (Å²) in [4.78, 5) is 14.6. The Labute approximate surface area is 158 Å². The van der Waals surface area contributed by atoms with Crippen molar-refractivity contribution in [1.29, 1.82) is 0 Å². The fourth-order valence-corrected chi connectivity index (χ4v) is 4.55. The van der Waals surface area contributed by atoms with E-state index < -0.39 is 0 Å². The number of fused-ring (bicyclic) bond motifs is 4. The first-order chi connectivity index (χ1) is 13.0.